The molecule has 9 heteroatoms. The van der Waals surface area contributed by atoms with Crippen LogP contribution in [0.15, 0.2) is 42.5 Å². The van der Waals surface area contributed by atoms with Crippen molar-refractivity contribution >= 4 is 34.7 Å². The first-order valence-electron chi connectivity index (χ1n) is 11.1. The Morgan fingerprint density at radius 1 is 1.14 bits per heavy atom. The first-order chi connectivity index (χ1) is 16.9. The number of halogens is 2. The van der Waals surface area contributed by atoms with Gasteiger partial charge in [-0.2, -0.15) is 5.26 Å². The molecule has 0 bridgehead atoms. The lowest BCUT2D eigenvalue weighted by Crippen LogP contribution is -2.12. The van der Waals surface area contributed by atoms with Gasteiger partial charge in [-0.15, -0.1) is 0 Å². The molecular weight excluding hydrogens is 452 g/mol. The molecule has 2 aromatic carbocycles. The lowest BCUT2D eigenvalue weighted by atomic mass is 10.1. The highest BCUT2D eigenvalue weighted by molar-refractivity contribution is 6.10. The highest BCUT2D eigenvalue weighted by atomic mass is 19.2. The molecule has 0 radical (unpaired) electrons. The van der Waals surface area contributed by atoms with Crippen molar-refractivity contribution in [2.75, 3.05) is 7.11 Å². The van der Waals surface area contributed by atoms with E-state index < -0.39 is 11.6 Å². The second kappa shape index (κ2) is 10.3. The van der Waals surface area contributed by atoms with Gasteiger partial charge in [-0.3, -0.25) is 15.4 Å². The van der Waals surface area contributed by atoms with E-state index in [4.69, 9.17) is 25.6 Å². The SMILES string of the molecule is COc1cccc(/C=C/c2nc3cc(F)c(F)cc3n2C(=N)/C=C\C(=N)C#N)c1OC1CCCC1. The van der Waals surface area contributed by atoms with Crippen LogP contribution in [0.5, 0.6) is 11.5 Å². The van der Waals surface area contributed by atoms with Gasteiger partial charge >= 0.3 is 0 Å². The summed E-state index contributed by atoms with van der Waals surface area (Å²) in [5.74, 6) is -0.886. The molecule has 35 heavy (non-hydrogen) atoms. The first kappa shape index (κ1) is 23.8. The van der Waals surface area contributed by atoms with Crippen LogP contribution in [0.1, 0.15) is 37.1 Å². The molecule has 1 saturated carbocycles. The van der Waals surface area contributed by atoms with E-state index in [1.54, 1.807) is 25.3 Å². The number of hydrogen-bond acceptors (Lipinski definition) is 6. The Kier molecular flexibility index (Phi) is 7.01. The number of fused-ring (bicyclic) bond motifs is 1. The van der Waals surface area contributed by atoms with Crippen LogP contribution in [0.4, 0.5) is 8.78 Å². The summed E-state index contributed by atoms with van der Waals surface area (Å²) in [6.45, 7) is 0. The van der Waals surface area contributed by atoms with Gasteiger partial charge in [-0.25, -0.2) is 13.8 Å². The Morgan fingerprint density at radius 3 is 2.60 bits per heavy atom. The van der Waals surface area contributed by atoms with Gasteiger partial charge in [0.05, 0.1) is 24.2 Å². The summed E-state index contributed by atoms with van der Waals surface area (Å²) in [6.07, 6.45) is 9.99. The van der Waals surface area contributed by atoms with Crippen LogP contribution < -0.4 is 9.47 Å². The average molecular weight is 475 g/mol. The molecule has 1 heterocycles. The fourth-order valence-electron chi connectivity index (χ4n) is 4.02. The summed E-state index contributed by atoms with van der Waals surface area (Å²) in [6, 6.07) is 9.08. The number of rotatable bonds is 7. The highest BCUT2D eigenvalue weighted by Crippen LogP contribution is 2.36. The normalized spacial score (nSPS) is 14.1. The summed E-state index contributed by atoms with van der Waals surface area (Å²) in [4.78, 5) is 4.38. The van der Waals surface area contributed by atoms with Crippen molar-refractivity contribution in [2.45, 2.75) is 31.8 Å². The van der Waals surface area contributed by atoms with E-state index in [0.29, 0.717) is 11.5 Å². The van der Waals surface area contributed by atoms with Gasteiger partial charge in [0.15, 0.2) is 23.1 Å². The van der Waals surface area contributed by atoms with Crippen LogP contribution in [-0.2, 0) is 0 Å². The Hall–Kier alpha value is -4.32. The largest absolute Gasteiger partial charge is 0.493 e. The average Bonchev–Trinajstić information content (AvgIpc) is 3.49. The number of allylic oxidation sites excluding steroid dienone is 2. The number of hydrogen-bond donors (Lipinski definition) is 2. The van der Waals surface area contributed by atoms with E-state index >= 15 is 0 Å². The molecule has 1 aliphatic rings. The maximum Gasteiger partial charge on any atom is 0.168 e. The van der Waals surface area contributed by atoms with Crippen LogP contribution in [0, 0.1) is 33.8 Å². The lowest BCUT2D eigenvalue weighted by Gasteiger charge is -2.18. The summed E-state index contributed by atoms with van der Waals surface area (Å²) >= 11 is 0. The van der Waals surface area contributed by atoms with Crippen LogP contribution in [0.3, 0.4) is 0 Å². The van der Waals surface area contributed by atoms with Gasteiger partial charge in [-0.1, -0.05) is 12.1 Å². The molecule has 0 atom stereocenters. The van der Waals surface area contributed by atoms with Crippen LogP contribution in [0.25, 0.3) is 23.2 Å². The second-order valence-corrected chi connectivity index (χ2v) is 8.04. The monoisotopic (exact) mass is 475 g/mol. The van der Waals surface area contributed by atoms with Crippen molar-refractivity contribution < 1.29 is 18.3 Å². The van der Waals surface area contributed by atoms with E-state index in [1.807, 2.05) is 18.2 Å². The third-order valence-corrected chi connectivity index (χ3v) is 5.72. The van der Waals surface area contributed by atoms with Gasteiger partial charge in [0, 0.05) is 17.7 Å². The minimum absolute atomic E-state index is 0.0998. The molecular formula is C26H23F2N5O2. The molecule has 1 aliphatic carbocycles. The first-order valence-corrected chi connectivity index (χ1v) is 11.1. The summed E-state index contributed by atoms with van der Waals surface area (Å²) in [5, 5.41) is 24.7. The van der Waals surface area contributed by atoms with Gasteiger partial charge in [-0.05, 0) is 56.1 Å². The summed E-state index contributed by atoms with van der Waals surface area (Å²) < 4.78 is 40.9. The van der Waals surface area contributed by atoms with E-state index in [2.05, 4.69) is 4.98 Å². The smallest absolute Gasteiger partial charge is 0.168 e. The van der Waals surface area contributed by atoms with Gasteiger partial charge in [0.25, 0.3) is 0 Å². The third kappa shape index (κ3) is 5.11. The number of nitriles is 1. The van der Waals surface area contributed by atoms with Gasteiger partial charge in [0.1, 0.15) is 23.4 Å². The van der Waals surface area contributed by atoms with Crippen molar-refractivity contribution in [3.63, 3.8) is 0 Å². The summed E-state index contributed by atoms with van der Waals surface area (Å²) in [7, 11) is 1.57. The molecule has 0 amide bonds. The fourth-order valence-corrected chi connectivity index (χ4v) is 4.02. The number of nitrogens with zero attached hydrogens (tertiary/aromatic N) is 3. The molecule has 2 N–H and O–H groups in total. The molecule has 3 aromatic rings. The molecule has 178 valence electrons. The second-order valence-electron chi connectivity index (χ2n) is 8.04. The van der Waals surface area contributed by atoms with E-state index in [9.17, 15) is 8.78 Å². The predicted molar refractivity (Wildman–Crippen MR) is 130 cm³/mol. The van der Waals surface area contributed by atoms with Crippen LogP contribution >= 0.6 is 0 Å². The van der Waals surface area contributed by atoms with E-state index in [0.717, 1.165) is 49.5 Å². The van der Waals surface area contributed by atoms with Crippen molar-refractivity contribution in [1.82, 2.24) is 9.55 Å². The molecule has 4 rings (SSSR count). The van der Waals surface area contributed by atoms with Crippen LogP contribution in [0.2, 0.25) is 0 Å². The number of ether oxygens (including phenoxy) is 2. The zero-order valence-corrected chi connectivity index (χ0v) is 19.0. The van der Waals surface area contributed by atoms with Crippen molar-refractivity contribution in [1.29, 1.82) is 16.1 Å². The van der Waals surface area contributed by atoms with E-state index in [1.165, 1.54) is 10.6 Å². The Morgan fingerprint density at radius 2 is 1.89 bits per heavy atom. The third-order valence-electron chi connectivity index (χ3n) is 5.72. The molecule has 0 saturated heterocycles. The number of para-hydroxylation sites is 1. The fraction of sp³-hybridized carbons (Fsp3) is 0.231. The molecule has 1 aromatic heterocycles. The lowest BCUT2D eigenvalue weighted by molar-refractivity contribution is 0.200. The number of methoxy groups -OCH3 is 1. The maximum atomic E-state index is 14.0. The molecule has 0 aliphatic heterocycles. The minimum atomic E-state index is -1.07. The zero-order valence-electron chi connectivity index (χ0n) is 19.0. The van der Waals surface area contributed by atoms with Crippen molar-refractivity contribution in [3.05, 3.63) is 65.5 Å². The zero-order chi connectivity index (χ0) is 24.9. The Bertz CT molecular complexity index is 1390. The van der Waals surface area contributed by atoms with Crippen molar-refractivity contribution in [3.8, 4) is 17.6 Å². The molecule has 7 nitrogen and oxygen atoms in total. The Labute approximate surface area is 200 Å². The minimum Gasteiger partial charge on any atom is -0.493 e. The van der Waals surface area contributed by atoms with Gasteiger partial charge in [0.2, 0.25) is 0 Å². The molecule has 1 fully saturated rings. The highest BCUT2D eigenvalue weighted by Gasteiger charge is 2.20. The number of aromatic nitrogens is 2. The quantitative estimate of drug-likeness (QED) is 0.336. The summed E-state index contributed by atoms with van der Waals surface area (Å²) in [5.41, 5.74) is 0.707. The van der Waals surface area contributed by atoms with Gasteiger partial charge < -0.3 is 9.47 Å². The maximum absolute atomic E-state index is 14.0. The topological polar surface area (TPSA) is 108 Å². The number of benzene rings is 2. The van der Waals surface area contributed by atoms with Crippen LogP contribution in [-0.4, -0.2) is 34.3 Å². The van der Waals surface area contributed by atoms with E-state index in [-0.39, 0.29) is 34.5 Å². The number of nitrogens with one attached hydrogen (secondary N) is 2. The Balaban J connectivity index is 1.78. The number of imidazole rings is 1. The van der Waals surface area contributed by atoms with Crippen molar-refractivity contribution in [2.24, 2.45) is 0 Å². The molecule has 0 unspecified atom stereocenters. The molecule has 0 spiro atoms. The standard InChI is InChI=1S/C26H23F2N5O2/c1-34-23-8-4-5-16(26(23)35-18-6-2-3-7-18)9-12-25-32-21-13-19(27)20(28)14-22(21)33(25)24(31)11-10-17(30)15-29/h4-5,8-14,18,30-31H,2-3,6-7H2,1H3/b11-10-,12-9+,30-17?,31-24?. The predicted octanol–water partition coefficient (Wildman–Crippen LogP) is 5.74.